The van der Waals surface area contributed by atoms with E-state index >= 15 is 0 Å². The Labute approximate surface area is 174 Å². The van der Waals surface area contributed by atoms with Gasteiger partial charge in [-0.05, 0) is 72.9 Å². The molecule has 2 saturated carbocycles. The Morgan fingerprint density at radius 3 is 2.10 bits per heavy atom. The molecule has 2 amide bonds. The predicted octanol–water partition coefficient (Wildman–Crippen LogP) is 3.77. The van der Waals surface area contributed by atoms with Gasteiger partial charge in [0.25, 0.3) is 0 Å². The number of imide groups is 1. The van der Waals surface area contributed by atoms with E-state index in [0.29, 0.717) is 28.8 Å². The molecular weight excluding hydrogens is 378 g/mol. The van der Waals surface area contributed by atoms with Gasteiger partial charge in [-0.1, -0.05) is 30.4 Å². The summed E-state index contributed by atoms with van der Waals surface area (Å²) < 4.78 is 5.47. The molecule has 1 saturated heterocycles. The van der Waals surface area contributed by atoms with Crippen LogP contribution in [0.5, 0.6) is 5.75 Å². The largest absolute Gasteiger partial charge is 0.423 e. The van der Waals surface area contributed by atoms with Crippen molar-refractivity contribution in [2.24, 2.45) is 35.5 Å². The van der Waals surface area contributed by atoms with Gasteiger partial charge in [0.15, 0.2) is 0 Å². The monoisotopic (exact) mass is 399 g/mol. The van der Waals surface area contributed by atoms with Gasteiger partial charge in [0.2, 0.25) is 11.8 Å². The molecule has 0 spiro atoms. The molecule has 0 unspecified atom stereocenters. The first kappa shape index (κ1) is 17.6. The van der Waals surface area contributed by atoms with Gasteiger partial charge in [0.1, 0.15) is 5.75 Å². The molecule has 150 valence electrons. The van der Waals surface area contributed by atoms with E-state index in [1.54, 1.807) is 36.4 Å². The van der Waals surface area contributed by atoms with Crippen molar-refractivity contribution in [3.05, 3.63) is 71.8 Å². The third-order valence-electron chi connectivity index (χ3n) is 7.33. The smallest absolute Gasteiger partial charge is 0.343 e. The number of ether oxygens (including phenoxy) is 1. The first-order chi connectivity index (χ1) is 14.5. The van der Waals surface area contributed by atoms with E-state index in [0.717, 1.165) is 12.0 Å². The number of anilines is 1. The van der Waals surface area contributed by atoms with Crippen LogP contribution in [0.4, 0.5) is 5.69 Å². The second-order valence-corrected chi connectivity index (χ2v) is 8.86. The van der Waals surface area contributed by atoms with Crippen molar-refractivity contribution in [2.75, 3.05) is 4.90 Å². The predicted molar refractivity (Wildman–Crippen MR) is 110 cm³/mol. The molecule has 2 aromatic carbocycles. The Morgan fingerprint density at radius 2 is 1.50 bits per heavy atom. The van der Waals surface area contributed by atoms with Gasteiger partial charge in [-0.15, -0.1) is 0 Å². The fraction of sp³-hybridized carbons (Fsp3) is 0.320. The van der Waals surface area contributed by atoms with Crippen molar-refractivity contribution in [1.82, 2.24) is 0 Å². The molecule has 7 rings (SSSR count). The zero-order valence-corrected chi connectivity index (χ0v) is 16.5. The Hall–Kier alpha value is -3.21. The van der Waals surface area contributed by atoms with E-state index in [2.05, 4.69) is 12.2 Å². The van der Waals surface area contributed by atoms with Crippen molar-refractivity contribution in [3.8, 4) is 5.75 Å². The highest BCUT2D eigenvalue weighted by Gasteiger charge is 2.67. The van der Waals surface area contributed by atoms with Crippen LogP contribution in [0.3, 0.4) is 0 Å². The molecule has 30 heavy (non-hydrogen) atoms. The minimum atomic E-state index is -0.429. The summed E-state index contributed by atoms with van der Waals surface area (Å²) in [4.78, 5) is 40.1. The zero-order chi connectivity index (χ0) is 20.6. The first-order valence-electron chi connectivity index (χ1n) is 10.5. The number of benzene rings is 2. The molecule has 0 N–H and O–H groups in total. The molecule has 4 aliphatic carbocycles. The molecule has 1 heterocycles. The maximum atomic E-state index is 13.2. The first-order valence-corrected chi connectivity index (χ1v) is 10.5. The van der Waals surface area contributed by atoms with Gasteiger partial charge in [0, 0.05) is 0 Å². The maximum absolute atomic E-state index is 13.2. The van der Waals surface area contributed by atoms with Crippen molar-refractivity contribution in [3.63, 3.8) is 0 Å². The lowest BCUT2D eigenvalue weighted by Crippen LogP contribution is -2.40. The van der Waals surface area contributed by atoms with Crippen molar-refractivity contribution in [1.29, 1.82) is 0 Å². The Bertz CT molecular complexity index is 1080. The van der Waals surface area contributed by atoms with Crippen molar-refractivity contribution in [2.45, 2.75) is 13.3 Å². The molecular formula is C25H21NO4. The second kappa shape index (κ2) is 6.14. The third-order valence-corrected chi connectivity index (χ3v) is 7.33. The van der Waals surface area contributed by atoms with Crippen LogP contribution in [-0.2, 0) is 9.59 Å². The van der Waals surface area contributed by atoms with Crippen LogP contribution in [0.1, 0.15) is 22.3 Å². The highest BCUT2D eigenvalue weighted by atomic mass is 16.5. The molecule has 3 fully saturated rings. The van der Waals surface area contributed by atoms with Gasteiger partial charge in [0.05, 0.1) is 23.1 Å². The van der Waals surface area contributed by atoms with Crippen LogP contribution in [0, 0.1) is 42.4 Å². The number of allylic oxidation sites excluding steroid dienone is 2. The van der Waals surface area contributed by atoms with E-state index in [4.69, 9.17) is 4.74 Å². The number of carbonyl (C=O) groups excluding carboxylic acids is 3. The number of amides is 2. The lowest BCUT2D eigenvalue weighted by atomic mass is 9.63. The van der Waals surface area contributed by atoms with Crippen LogP contribution in [-0.4, -0.2) is 17.8 Å². The number of aryl methyl sites for hydroxylation is 1. The van der Waals surface area contributed by atoms with Crippen molar-refractivity contribution >= 4 is 23.5 Å². The Kier molecular flexibility index (Phi) is 3.61. The molecule has 0 aromatic heterocycles. The second-order valence-electron chi connectivity index (χ2n) is 8.86. The van der Waals surface area contributed by atoms with Crippen LogP contribution in [0.25, 0.3) is 0 Å². The summed E-state index contributed by atoms with van der Waals surface area (Å²) in [7, 11) is 0. The molecule has 5 nitrogen and oxygen atoms in total. The average molecular weight is 399 g/mol. The normalized spacial score (nSPS) is 32.8. The van der Waals surface area contributed by atoms with Gasteiger partial charge in [-0.25, -0.2) is 4.79 Å². The van der Waals surface area contributed by atoms with Crippen LogP contribution >= 0.6 is 0 Å². The topological polar surface area (TPSA) is 63.7 Å². The molecule has 5 heteroatoms. The minimum absolute atomic E-state index is 0.0839. The number of esters is 1. The van der Waals surface area contributed by atoms with E-state index in [9.17, 15) is 14.4 Å². The number of nitrogens with zero attached hydrogens (tertiary/aromatic N) is 1. The lowest BCUT2D eigenvalue weighted by molar-refractivity contribution is -0.124. The molecule has 6 atom stereocenters. The number of rotatable bonds is 3. The standard InChI is InChI=1S/C25H21NO4/c1-13-4-2-3-5-16(13)25(29)30-15-8-6-14(7-9-15)26-23(27)21-17-10-11-18(20-12-19(17)20)22(21)24(26)28/h2-11,17-22H,12H2,1H3/t17-,18-,19-,20+,21-,22+/m0/s1. The number of carbonyl (C=O) groups is 3. The van der Waals surface area contributed by atoms with E-state index in [1.165, 1.54) is 4.90 Å². The Balaban J connectivity index is 1.23. The van der Waals surface area contributed by atoms with Crippen molar-refractivity contribution < 1.29 is 19.1 Å². The summed E-state index contributed by atoms with van der Waals surface area (Å²) in [5, 5.41) is 0. The highest BCUT2D eigenvalue weighted by Crippen LogP contribution is 2.65. The summed E-state index contributed by atoms with van der Waals surface area (Å²) in [6, 6.07) is 13.9. The summed E-state index contributed by atoms with van der Waals surface area (Å²) >= 11 is 0. The fourth-order valence-corrected chi connectivity index (χ4v) is 5.84. The Morgan fingerprint density at radius 1 is 0.900 bits per heavy atom. The van der Waals surface area contributed by atoms with Gasteiger partial charge in [-0.3, -0.25) is 14.5 Å². The lowest BCUT2D eigenvalue weighted by Gasteiger charge is -2.37. The summed E-state index contributed by atoms with van der Waals surface area (Å²) in [6.07, 6.45) is 5.49. The quantitative estimate of drug-likeness (QED) is 0.341. The summed E-state index contributed by atoms with van der Waals surface area (Å²) in [5.41, 5.74) is 1.90. The van der Waals surface area contributed by atoms with Gasteiger partial charge < -0.3 is 4.74 Å². The maximum Gasteiger partial charge on any atom is 0.343 e. The minimum Gasteiger partial charge on any atom is -0.423 e. The average Bonchev–Trinajstić information content (AvgIpc) is 3.53. The van der Waals surface area contributed by atoms with Crippen LogP contribution < -0.4 is 9.64 Å². The third kappa shape index (κ3) is 2.38. The zero-order valence-electron chi connectivity index (χ0n) is 16.5. The summed E-state index contributed by atoms with van der Waals surface area (Å²) in [6.45, 7) is 1.86. The SMILES string of the molecule is Cc1ccccc1C(=O)Oc1ccc(N2C(=O)[C@@H]3[C@H]4C=C[C@@H]([C@@H]5C[C@H]45)[C@@H]3C2=O)cc1. The number of hydrogen-bond acceptors (Lipinski definition) is 4. The van der Waals surface area contributed by atoms with Crippen LogP contribution in [0.15, 0.2) is 60.7 Å². The molecule has 2 bridgehead atoms. The van der Waals surface area contributed by atoms with Gasteiger partial charge in [-0.2, -0.15) is 0 Å². The van der Waals surface area contributed by atoms with E-state index in [1.807, 2.05) is 19.1 Å². The number of hydrogen-bond donors (Lipinski definition) is 0. The molecule has 5 aliphatic rings. The molecule has 1 aliphatic heterocycles. The van der Waals surface area contributed by atoms with Crippen LogP contribution in [0.2, 0.25) is 0 Å². The molecule has 0 radical (unpaired) electrons. The van der Waals surface area contributed by atoms with E-state index < -0.39 is 5.97 Å². The van der Waals surface area contributed by atoms with Gasteiger partial charge >= 0.3 is 5.97 Å². The fourth-order valence-electron chi connectivity index (χ4n) is 5.84. The molecule has 2 aromatic rings. The highest BCUT2D eigenvalue weighted by molar-refractivity contribution is 6.22. The van der Waals surface area contributed by atoms with E-state index in [-0.39, 0.29) is 35.5 Å². The summed E-state index contributed by atoms with van der Waals surface area (Å²) in [5.74, 6) is 0.945.